The molecule has 0 saturated carbocycles. The molecular weight excluding hydrogens is 410 g/mol. The average Bonchev–Trinajstić information content (AvgIpc) is 3.20. The molecule has 31 heavy (non-hydrogen) atoms. The molecule has 2 atom stereocenters. The van der Waals surface area contributed by atoms with E-state index in [1.165, 1.54) is 52.4 Å². The summed E-state index contributed by atoms with van der Waals surface area (Å²) >= 11 is 0. The number of benzene rings is 1. The number of nitrogens with zero attached hydrogens (tertiary/aromatic N) is 1. The maximum absolute atomic E-state index is 12.8. The molecule has 1 aliphatic rings. The second-order valence-corrected chi connectivity index (χ2v) is 6.80. The van der Waals surface area contributed by atoms with E-state index in [0.29, 0.717) is 17.2 Å². The summed E-state index contributed by atoms with van der Waals surface area (Å²) in [6.07, 6.45) is 0.197. The minimum absolute atomic E-state index is 0.155. The van der Waals surface area contributed by atoms with Crippen LogP contribution in [-0.2, 0) is 19.1 Å². The number of methoxy groups -OCH3 is 4. The number of rotatable bonds is 8. The van der Waals surface area contributed by atoms with Gasteiger partial charge in [-0.3, -0.25) is 19.2 Å². The lowest BCUT2D eigenvalue weighted by molar-refractivity contribution is -0.142. The first-order chi connectivity index (χ1) is 14.7. The van der Waals surface area contributed by atoms with Gasteiger partial charge in [0.25, 0.3) is 5.91 Å². The average molecular weight is 437 g/mol. The lowest BCUT2D eigenvalue weighted by atomic mass is 10.1. The second kappa shape index (κ2) is 10.5. The molecule has 1 aromatic carbocycles. The summed E-state index contributed by atoms with van der Waals surface area (Å²) in [6, 6.07) is 1.74. The van der Waals surface area contributed by atoms with E-state index in [-0.39, 0.29) is 31.0 Å². The molecule has 0 unspecified atom stereocenters. The monoisotopic (exact) mass is 437 g/mol. The molecule has 3 amide bonds. The van der Waals surface area contributed by atoms with Crippen LogP contribution in [0.15, 0.2) is 12.1 Å². The lowest BCUT2D eigenvalue weighted by Crippen LogP contribution is -2.46. The van der Waals surface area contributed by atoms with Gasteiger partial charge in [0, 0.05) is 25.1 Å². The molecule has 11 heteroatoms. The van der Waals surface area contributed by atoms with Gasteiger partial charge in [0.15, 0.2) is 11.5 Å². The molecule has 0 aromatic heterocycles. The van der Waals surface area contributed by atoms with Crippen LogP contribution in [0.25, 0.3) is 0 Å². The van der Waals surface area contributed by atoms with Crippen LogP contribution < -0.4 is 24.8 Å². The fourth-order valence-corrected chi connectivity index (χ4v) is 3.37. The van der Waals surface area contributed by atoms with E-state index in [0.717, 1.165) is 0 Å². The molecule has 0 aliphatic carbocycles. The number of nitrogens with one attached hydrogen (secondary N) is 2. The number of carbonyl (C=O) groups is 4. The van der Waals surface area contributed by atoms with Crippen LogP contribution in [0.1, 0.15) is 23.7 Å². The van der Waals surface area contributed by atoms with E-state index < -0.39 is 29.9 Å². The highest BCUT2D eigenvalue weighted by Crippen LogP contribution is 2.38. The first-order valence-electron chi connectivity index (χ1n) is 9.48. The predicted molar refractivity (Wildman–Crippen MR) is 108 cm³/mol. The van der Waals surface area contributed by atoms with Crippen LogP contribution in [0.2, 0.25) is 0 Å². The number of hydrogen-bond acceptors (Lipinski definition) is 8. The minimum atomic E-state index is -0.813. The molecule has 0 spiro atoms. The van der Waals surface area contributed by atoms with Crippen LogP contribution in [0.3, 0.4) is 0 Å². The smallest absolute Gasteiger partial charge is 0.325 e. The summed E-state index contributed by atoms with van der Waals surface area (Å²) in [5, 5.41) is 5.27. The molecule has 1 aliphatic heterocycles. The molecule has 2 rings (SSSR count). The van der Waals surface area contributed by atoms with Crippen molar-refractivity contribution in [3.8, 4) is 17.2 Å². The van der Waals surface area contributed by atoms with Gasteiger partial charge in [-0.25, -0.2) is 0 Å². The molecule has 1 aromatic rings. The molecule has 1 fully saturated rings. The summed E-state index contributed by atoms with van der Waals surface area (Å²) in [6.45, 7) is 1.19. The zero-order valence-corrected chi connectivity index (χ0v) is 18.1. The normalized spacial score (nSPS) is 17.5. The van der Waals surface area contributed by atoms with Gasteiger partial charge in [-0.2, -0.15) is 0 Å². The van der Waals surface area contributed by atoms with Gasteiger partial charge >= 0.3 is 5.97 Å². The molecule has 1 saturated heterocycles. The van der Waals surface area contributed by atoms with Gasteiger partial charge in [0.2, 0.25) is 17.6 Å². The van der Waals surface area contributed by atoms with Crippen LogP contribution in [-0.4, -0.2) is 82.2 Å². The van der Waals surface area contributed by atoms with Crippen molar-refractivity contribution < 1.29 is 38.1 Å². The lowest BCUT2D eigenvalue weighted by Gasteiger charge is -2.21. The maximum Gasteiger partial charge on any atom is 0.325 e. The number of esters is 1. The van der Waals surface area contributed by atoms with E-state index in [2.05, 4.69) is 15.4 Å². The third-order valence-corrected chi connectivity index (χ3v) is 4.90. The first-order valence-corrected chi connectivity index (χ1v) is 9.48. The van der Waals surface area contributed by atoms with Gasteiger partial charge in [0.1, 0.15) is 12.6 Å². The molecule has 2 N–H and O–H groups in total. The van der Waals surface area contributed by atoms with E-state index in [1.54, 1.807) is 0 Å². The highest BCUT2D eigenvalue weighted by Gasteiger charge is 2.39. The summed E-state index contributed by atoms with van der Waals surface area (Å²) < 4.78 is 20.3. The standard InChI is InChI=1S/C20H27N3O8/c1-11(24)23-10-13(8-14(23)20(27)21-9-17(25)30-4)22-19(26)12-6-15(28-2)18(31-5)16(7-12)29-3/h6-7,13-14H,8-10H2,1-5H3,(H,21,27)(H,22,26)/t13-,14-/m0/s1. The van der Waals surface area contributed by atoms with E-state index in [9.17, 15) is 19.2 Å². The Hall–Kier alpha value is -3.50. The third kappa shape index (κ3) is 5.56. The molecule has 170 valence electrons. The molecule has 11 nitrogen and oxygen atoms in total. The van der Waals surface area contributed by atoms with Crippen molar-refractivity contribution in [1.82, 2.24) is 15.5 Å². The van der Waals surface area contributed by atoms with E-state index in [4.69, 9.17) is 14.2 Å². The Morgan fingerprint density at radius 3 is 2.13 bits per heavy atom. The Morgan fingerprint density at radius 2 is 1.65 bits per heavy atom. The summed E-state index contributed by atoms with van der Waals surface area (Å²) in [5.41, 5.74) is 0.266. The topological polar surface area (TPSA) is 132 Å². The summed E-state index contributed by atoms with van der Waals surface area (Å²) in [5.74, 6) is -0.843. The van der Waals surface area contributed by atoms with Gasteiger partial charge in [-0.15, -0.1) is 0 Å². The van der Waals surface area contributed by atoms with E-state index in [1.807, 2.05) is 0 Å². The number of hydrogen-bond donors (Lipinski definition) is 2. The summed E-state index contributed by atoms with van der Waals surface area (Å²) in [7, 11) is 5.55. The Kier molecular flexibility index (Phi) is 8.06. The van der Waals surface area contributed by atoms with Crippen LogP contribution >= 0.6 is 0 Å². The third-order valence-electron chi connectivity index (χ3n) is 4.90. The molecule has 0 bridgehead atoms. The van der Waals surface area contributed by atoms with Gasteiger partial charge < -0.3 is 34.5 Å². The van der Waals surface area contributed by atoms with Crippen molar-refractivity contribution in [1.29, 1.82) is 0 Å². The number of ether oxygens (including phenoxy) is 4. The van der Waals surface area contributed by atoms with Crippen molar-refractivity contribution in [2.45, 2.75) is 25.4 Å². The fraction of sp³-hybridized carbons (Fsp3) is 0.500. The zero-order valence-electron chi connectivity index (χ0n) is 18.1. The predicted octanol–water partition coefficient (Wildman–Crippen LogP) is -0.279. The Bertz CT molecular complexity index is 832. The molecule has 1 heterocycles. The highest BCUT2D eigenvalue weighted by molar-refractivity contribution is 5.96. The van der Waals surface area contributed by atoms with Crippen LogP contribution in [0, 0.1) is 0 Å². The quantitative estimate of drug-likeness (QED) is 0.531. The van der Waals surface area contributed by atoms with Gasteiger partial charge in [-0.1, -0.05) is 0 Å². The fourth-order valence-electron chi connectivity index (χ4n) is 3.37. The number of carbonyl (C=O) groups excluding carboxylic acids is 4. The van der Waals surface area contributed by atoms with Crippen molar-refractivity contribution in [3.05, 3.63) is 17.7 Å². The van der Waals surface area contributed by atoms with Crippen LogP contribution in [0.4, 0.5) is 0 Å². The Morgan fingerprint density at radius 1 is 1.03 bits per heavy atom. The zero-order chi connectivity index (χ0) is 23.1. The number of amides is 3. The van der Waals surface area contributed by atoms with Crippen LogP contribution in [0.5, 0.6) is 17.2 Å². The molecule has 0 radical (unpaired) electrons. The Balaban J connectivity index is 2.14. The number of likely N-dealkylation sites (tertiary alicyclic amines) is 1. The van der Waals surface area contributed by atoms with E-state index >= 15 is 0 Å². The highest BCUT2D eigenvalue weighted by atomic mass is 16.5. The SMILES string of the molecule is COC(=O)CNC(=O)[C@@H]1C[C@H](NC(=O)c2cc(OC)c(OC)c(OC)c2)CN1C(C)=O. The molecular formula is C20H27N3O8. The largest absolute Gasteiger partial charge is 0.493 e. The Labute approximate surface area is 179 Å². The van der Waals surface area contributed by atoms with Gasteiger partial charge in [0.05, 0.1) is 28.4 Å². The van der Waals surface area contributed by atoms with Crippen molar-refractivity contribution in [2.75, 3.05) is 41.5 Å². The maximum atomic E-state index is 12.8. The second-order valence-electron chi connectivity index (χ2n) is 6.80. The first kappa shape index (κ1) is 23.8. The minimum Gasteiger partial charge on any atom is -0.493 e. The van der Waals surface area contributed by atoms with Crippen molar-refractivity contribution >= 4 is 23.7 Å². The van der Waals surface area contributed by atoms with Crippen molar-refractivity contribution in [3.63, 3.8) is 0 Å². The summed E-state index contributed by atoms with van der Waals surface area (Å²) in [4.78, 5) is 49.9. The van der Waals surface area contributed by atoms with Gasteiger partial charge in [-0.05, 0) is 18.6 Å². The van der Waals surface area contributed by atoms with Crippen molar-refractivity contribution in [2.24, 2.45) is 0 Å².